The number of benzene rings is 11. The Morgan fingerprint density at radius 1 is 0.299 bits per heavy atom. The van der Waals surface area contributed by atoms with Crippen molar-refractivity contribution < 1.29 is 0 Å². The van der Waals surface area contributed by atoms with E-state index in [1.807, 2.05) is 0 Å². The van der Waals surface area contributed by atoms with Crippen molar-refractivity contribution in [2.45, 2.75) is 12.3 Å². The standard InChI is InChI=1S/C66H47N/c1-66(53-25-6-3-7-26-53)61-33-13-10-30-60(61)65-59(32-18-34-62(65)66)50-41-43-54(44-42-50)67(64-36-15-12-29-58(64)52-24-16-23-51(45-52)46-19-4-2-5-20-46)63-35-14-11-28-57(63)49-39-37-48(38-40-49)56-31-17-22-47-21-8-9-27-55(47)56/h2-45H,1H3. The van der Waals surface area contributed by atoms with Crippen LogP contribution in [0.4, 0.5) is 17.1 Å². The number of anilines is 3. The lowest BCUT2D eigenvalue weighted by molar-refractivity contribution is 0.714. The van der Waals surface area contributed by atoms with Gasteiger partial charge in [0.15, 0.2) is 0 Å². The van der Waals surface area contributed by atoms with Crippen LogP contribution < -0.4 is 4.90 Å². The van der Waals surface area contributed by atoms with Gasteiger partial charge in [0, 0.05) is 22.2 Å². The molecular formula is C66H47N. The third kappa shape index (κ3) is 6.96. The molecule has 1 aliphatic rings. The lowest BCUT2D eigenvalue weighted by Crippen LogP contribution is -2.22. The quantitative estimate of drug-likeness (QED) is 0.140. The van der Waals surface area contributed by atoms with Crippen molar-refractivity contribution in [2.75, 3.05) is 4.90 Å². The lowest BCUT2D eigenvalue weighted by Gasteiger charge is -2.30. The van der Waals surface area contributed by atoms with Gasteiger partial charge < -0.3 is 4.90 Å². The van der Waals surface area contributed by atoms with Gasteiger partial charge in [0.05, 0.1) is 11.4 Å². The van der Waals surface area contributed by atoms with E-state index in [2.05, 4.69) is 279 Å². The Balaban J connectivity index is 1.00. The van der Waals surface area contributed by atoms with Crippen molar-refractivity contribution in [2.24, 2.45) is 0 Å². The van der Waals surface area contributed by atoms with Crippen LogP contribution in [0.5, 0.6) is 0 Å². The molecule has 0 fully saturated rings. The van der Waals surface area contributed by atoms with E-state index in [1.165, 1.54) is 72.0 Å². The van der Waals surface area contributed by atoms with E-state index in [1.54, 1.807) is 0 Å². The maximum absolute atomic E-state index is 2.46. The number of nitrogens with zero attached hydrogens (tertiary/aromatic N) is 1. The number of fused-ring (bicyclic) bond motifs is 4. The maximum Gasteiger partial charge on any atom is 0.0540 e. The second-order valence-corrected chi connectivity index (χ2v) is 17.7. The molecule has 316 valence electrons. The monoisotopic (exact) mass is 853 g/mol. The molecule has 1 aliphatic carbocycles. The summed E-state index contributed by atoms with van der Waals surface area (Å²) in [6, 6.07) is 97.7. The largest absolute Gasteiger partial charge is 0.309 e. The van der Waals surface area contributed by atoms with Gasteiger partial charge in [0.1, 0.15) is 0 Å². The minimum atomic E-state index is -0.266. The Labute approximate surface area is 393 Å². The topological polar surface area (TPSA) is 3.24 Å². The van der Waals surface area contributed by atoms with Crippen LogP contribution in [-0.2, 0) is 5.41 Å². The SMILES string of the molecule is CC1(c2ccccc2)c2ccccc2-c2c(-c3ccc(N(c4ccccc4-c4ccc(-c5cccc6ccccc56)cc4)c4ccccc4-c4cccc(-c5ccccc5)c4)cc3)cccc21. The summed E-state index contributed by atoms with van der Waals surface area (Å²) in [5, 5.41) is 2.51. The van der Waals surface area contributed by atoms with E-state index >= 15 is 0 Å². The predicted octanol–water partition coefficient (Wildman–Crippen LogP) is 18.0. The molecule has 67 heavy (non-hydrogen) atoms. The highest BCUT2D eigenvalue weighted by Crippen LogP contribution is 2.55. The summed E-state index contributed by atoms with van der Waals surface area (Å²) >= 11 is 0. The normalized spacial score (nSPS) is 13.8. The summed E-state index contributed by atoms with van der Waals surface area (Å²) in [5.41, 5.74) is 21.5. The predicted molar refractivity (Wildman–Crippen MR) is 283 cm³/mol. The molecule has 1 nitrogen and oxygen atoms in total. The first-order chi connectivity index (χ1) is 33.1. The van der Waals surface area contributed by atoms with Gasteiger partial charge in [-0.3, -0.25) is 0 Å². The first kappa shape index (κ1) is 40.0. The van der Waals surface area contributed by atoms with Gasteiger partial charge in [-0.15, -0.1) is 0 Å². The highest BCUT2D eigenvalue weighted by Gasteiger charge is 2.41. The fraction of sp³-hybridized carbons (Fsp3) is 0.0303. The zero-order valence-electron chi connectivity index (χ0n) is 37.4. The van der Waals surface area contributed by atoms with Crippen LogP contribution in [-0.4, -0.2) is 0 Å². The van der Waals surface area contributed by atoms with E-state index < -0.39 is 0 Å². The van der Waals surface area contributed by atoms with E-state index in [4.69, 9.17) is 0 Å². The molecule has 1 unspecified atom stereocenters. The first-order valence-corrected chi connectivity index (χ1v) is 23.3. The molecule has 1 atom stereocenters. The summed E-state index contributed by atoms with van der Waals surface area (Å²) in [6.45, 7) is 2.39. The number of hydrogen-bond acceptors (Lipinski definition) is 1. The van der Waals surface area contributed by atoms with E-state index in [9.17, 15) is 0 Å². The molecule has 0 saturated carbocycles. The van der Waals surface area contributed by atoms with E-state index in [0.29, 0.717) is 0 Å². The van der Waals surface area contributed by atoms with Crippen LogP contribution in [0.25, 0.3) is 77.5 Å². The van der Waals surface area contributed by atoms with Gasteiger partial charge in [-0.2, -0.15) is 0 Å². The van der Waals surface area contributed by atoms with Gasteiger partial charge in [-0.1, -0.05) is 237 Å². The Morgan fingerprint density at radius 3 is 1.51 bits per heavy atom. The van der Waals surface area contributed by atoms with Crippen molar-refractivity contribution in [1.82, 2.24) is 0 Å². The van der Waals surface area contributed by atoms with Crippen LogP contribution in [0.15, 0.2) is 267 Å². The highest BCUT2D eigenvalue weighted by molar-refractivity contribution is 5.99. The Bertz CT molecular complexity index is 3570. The fourth-order valence-electron chi connectivity index (χ4n) is 10.7. The Morgan fingerprint density at radius 2 is 0.761 bits per heavy atom. The van der Waals surface area contributed by atoms with Crippen LogP contribution in [0.2, 0.25) is 0 Å². The highest BCUT2D eigenvalue weighted by atomic mass is 15.1. The molecule has 0 amide bonds. The summed E-state index contributed by atoms with van der Waals surface area (Å²) < 4.78 is 0. The Kier molecular flexibility index (Phi) is 10.0. The molecule has 0 aromatic heterocycles. The first-order valence-electron chi connectivity index (χ1n) is 23.3. The van der Waals surface area contributed by atoms with Crippen LogP contribution in [0.1, 0.15) is 23.6 Å². The molecule has 0 saturated heterocycles. The summed E-state index contributed by atoms with van der Waals surface area (Å²) in [6.07, 6.45) is 0. The minimum absolute atomic E-state index is 0.266. The molecule has 11 aromatic carbocycles. The second-order valence-electron chi connectivity index (χ2n) is 17.7. The van der Waals surface area contributed by atoms with Gasteiger partial charge in [0.25, 0.3) is 0 Å². The number of rotatable bonds is 9. The molecule has 0 aliphatic heterocycles. The molecule has 0 heterocycles. The zero-order chi connectivity index (χ0) is 44.7. The second kappa shape index (κ2) is 16.8. The average Bonchev–Trinajstić information content (AvgIpc) is 3.68. The maximum atomic E-state index is 2.46. The number of hydrogen-bond donors (Lipinski definition) is 0. The minimum Gasteiger partial charge on any atom is -0.309 e. The number of para-hydroxylation sites is 2. The van der Waals surface area contributed by atoms with E-state index in [-0.39, 0.29) is 5.41 Å². The molecule has 12 rings (SSSR count). The molecule has 0 bridgehead atoms. The van der Waals surface area contributed by atoms with Crippen molar-refractivity contribution in [1.29, 1.82) is 0 Å². The van der Waals surface area contributed by atoms with Crippen molar-refractivity contribution in [3.05, 3.63) is 284 Å². The molecule has 1 heteroatoms. The molecule has 0 radical (unpaired) electrons. The van der Waals surface area contributed by atoms with Gasteiger partial charge in [0.2, 0.25) is 0 Å². The molecule has 0 N–H and O–H groups in total. The van der Waals surface area contributed by atoms with Gasteiger partial charge in [-0.25, -0.2) is 0 Å². The fourth-order valence-corrected chi connectivity index (χ4v) is 10.7. The van der Waals surface area contributed by atoms with Gasteiger partial charge in [-0.05, 0) is 120 Å². The summed E-state index contributed by atoms with van der Waals surface area (Å²) in [7, 11) is 0. The summed E-state index contributed by atoms with van der Waals surface area (Å²) in [4.78, 5) is 2.46. The van der Waals surface area contributed by atoms with Crippen molar-refractivity contribution >= 4 is 27.8 Å². The van der Waals surface area contributed by atoms with Crippen LogP contribution in [0, 0.1) is 0 Å². The Hall–Kier alpha value is -8.52. The third-order valence-electron chi connectivity index (χ3n) is 14.0. The van der Waals surface area contributed by atoms with Gasteiger partial charge >= 0.3 is 0 Å². The smallest absolute Gasteiger partial charge is 0.0540 e. The third-order valence-corrected chi connectivity index (χ3v) is 14.0. The summed E-state index contributed by atoms with van der Waals surface area (Å²) in [5.74, 6) is 0. The molecule has 11 aromatic rings. The van der Waals surface area contributed by atoms with Crippen LogP contribution in [0.3, 0.4) is 0 Å². The average molecular weight is 854 g/mol. The van der Waals surface area contributed by atoms with Crippen molar-refractivity contribution in [3.63, 3.8) is 0 Å². The molecule has 0 spiro atoms. The molecular weight excluding hydrogens is 807 g/mol. The zero-order valence-corrected chi connectivity index (χ0v) is 37.4. The van der Waals surface area contributed by atoms with Crippen LogP contribution >= 0.6 is 0 Å². The van der Waals surface area contributed by atoms with Crippen molar-refractivity contribution in [3.8, 4) is 66.8 Å². The van der Waals surface area contributed by atoms with E-state index in [0.717, 1.165) is 39.3 Å². The lowest BCUT2D eigenvalue weighted by atomic mass is 9.74.